The fourth-order valence-corrected chi connectivity index (χ4v) is 2.69. The molecule has 0 unspecified atom stereocenters. The second-order valence-corrected chi connectivity index (χ2v) is 5.34. The van der Waals surface area contributed by atoms with Gasteiger partial charge in [0.1, 0.15) is 0 Å². The standard InChI is InChI=1S/C14H15F7N2.ClH/c15-8-7-9(16)13(18)11(12(8)17)10(1-2-14(19,20)21)23-5-3-22-4-6-23;/h7,10,22H,1-6H2;1H/t10-;/m1./s1. The van der Waals surface area contributed by atoms with Gasteiger partial charge in [0.2, 0.25) is 0 Å². The molecule has 0 radical (unpaired) electrons. The van der Waals surface area contributed by atoms with Crippen molar-refractivity contribution in [2.75, 3.05) is 26.2 Å². The van der Waals surface area contributed by atoms with Crippen molar-refractivity contribution in [3.8, 4) is 0 Å². The number of nitrogens with one attached hydrogen (secondary N) is 1. The van der Waals surface area contributed by atoms with E-state index in [2.05, 4.69) is 5.32 Å². The summed E-state index contributed by atoms with van der Waals surface area (Å²) >= 11 is 0. The van der Waals surface area contributed by atoms with Gasteiger partial charge < -0.3 is 5.32 Å². The highest BCUT2D eigenvalue weighted by Gasteiger charge is 2.35. The van der Waals surface area contributed by atoms with E-state index in [0.717, 1.165) is 0 Å². The third kappa shape index (κ3) is 4.97. The van der Waals surface area contributed by atoms with Gasteiger partial charge in [-0.3, -0.25) is 4.90 Å². The van der Waals surface area contributed by atoms with Gasteiger partial charge in [-0.2, -0.15) is 13.2 Å². The average Bonchev–Trinajstić information content (AvgIpc) is 2.48. The van der Waals surface area contributed by atoms with Crippen LogP contribution < -0.4 is 5.32 Å². The molecule has 1 N–H and O–H groups in total. The van der Waals surface area contributed by atoms with Gasteiger partial charge in [-0.15, -0.1) is 12.4 Å². The molecule has 1 aliphatic heterocycles. The second-order valence-electron chi connectivity index (χ2n) is 5.34. The number of nitrogens with zero attached hydrogens (tertiary/aromatic N) is 1. The van der Waals surface area contributed by atoms with Gasteiger partial charge in [0.15, 0.2) is 23.3 Å². The summed E-state index contributed by atoms with van der Waals surface area (Å²) in [4.78, 5) is 1.41. The minimum atomic E-state index is -4.54. The van der Waals surface area contributed by atoms with Crippen LogP contribution in [-0.4, -0.2) is 37.3 Å². The van der Waals surface area contributed by atoms with Crippen molar-refractivity contribution in [3.05, 3.63) is 34.9 Å². The summed E-state index contributed by atoms with van der Waals surface area (Å²) in [5, 5.41) is 2.95. The largest absolute Gasteiger partial charge is 0.389 e. The van der Waals surface area contributed by atoms with Crippen LogP contribution in [0.4, 0.5) is 30.7 Å². The van der Waals surface area contributed by atoms with Crippen molar-refractivity contribution in [1.82, 2.24) is 10.2 Å². The summed E-state index contributed by atoms with van der Waals surface area (Å²) in [7, 11) is 0. The molecule has 2 nitrogen and oxygen atoms in total. The average molecular weight is 381 g/mol. The number of benzene rings is 1. The molecule has 0 saturated carbocycles. The molecule has 0 bridgehead atoms. The Hall–Kier alpha value is -1.06. The summed E-state index contributed by atoms with van der Waals surface area (Å²) in [5.74, 6) is -6.53. The topological polar surface area (TPSA) is 15.3 Å². The van der Waals surface area contributed by atoms with E-state index in [1.165, 1.54) is 4.90 Å². The van der Waals surface area contributed by atoms with Crippen LogP contribution in [0.1, 0.15) is 24.4 Å². The third-order valence-corrected chi connectivity index (χ3v) is 3.77. The third-order valence-electron chi connectivity index (χ3n) is 3.77. The van der Waals surface area contributed by atoms with Crippen LogP contribution in [0.2, 0.25) is 0 Å². The minimum absolute atomic E-state index is 0. The molecule has 1 saturated heterocycles. The summed E-state index contributed by atoms with van der Waals surface area (Å²) in [6.45, 7) is 1.26. The predicted molar refractivity (Wildman–Crippen MR) is 76.0 cm³/mol. The van der Waals surface area contributed by atoms with Gasteiger partial charge >= 0.3 is 6.18 Å². The lowest BCUT2D eigenvalue weighted by atomic mass is 9.97. The summed E-state index contributed by atoms with van der Waals surface area (Å²) in [6, 6.07) is -1.34. The molecule has 0 spiro atoms. The maximum absolute atomic E-state index is 14.0. The van der Waals surface area contributed by atoms with E-state index in [1.807, 2.05) is 0 Å². The zero-order valence-corrected chi connectivity index (χ0v) is 13.2. The van der Waals surface area contributed by atoms with E-state index in [-0.39, 0.29) is 31.6 Å². The molecular weight excluding hydrogens is 365 g/mol. The van der Waals surface area contributed by atoms with Crippen molar-refractivity contribution >= 4 is 12.4 Å². The normalized spacial score (nSPS) is 17.5. The van der Waals surface area contributed by atoms with Crippen LogP contribution in [0.5, 0.6) is 0 Å². The Balaban J connectivity index is 0.00000288. The van der Waals surface area contributed by atoms with Crippen molar-refractivity contribution in [1.29, 1.82) is 0 Å². The molecule has 1 aromatic rings. The molecule has 0 aromatic heterocycles. The van der Waals surface area contributed by atoms with Crippen LogP contribution in [0.15, 0.2) is 6.07 Å². The first kappa shape index (κ1) is 21.0. The van der Waals surface area contributed by atoms with Crippen molar-refractivity contribution in [3.63, 3.8) is 0 Å². The molecule has 138 valence electrons. The number of piperazine rings is 1. The van der Waals surface area contributed by atoms with Crippen molar-refractivity contribution in [2.45, 2.75) is 25.1 Å². The number of alkyl halides is 3. The van der Waals surface area contributed by atoms with Crippen LogP contribution >= 0.6 is 12.4 Å². The zero-order valence-electron chi connectivity index (χ0n) is 12.4. The summed E-state index contributed by atoms with van der Waals surface area (Å²) in [6.07, 6.45) is -6.52. The highest BCUT2D eigenvalue weighted by atomic mass is 35.5. The highest BCUT2D eigenvalue weighted by Crippen LogP contribution is 2.35. The first-order valence-electron chi connectivity index (χ1n) is 7.05. The van der Waals surface area contributed by atoms with E-state index >= 15 is 0 Å². The van der Waals surface area contributed by atoms with Crippen LogP contribution in [-0.2, 0) is 0 Å². The molecule has 1 aromatic carbocycles. The fraction of sp³-hybridized carbons (Fsp3) is 0.571. The van der Waals surface area contributed by atoms with Gasteiger partial charge in [-0.05, 0) is 6.42 Å². The van der Waals surface area contributed by atoms with Gasteiger partial charge in [0.25, 0.3) is 0 Å². The Labute approximate surface area is 140 Å². The van der Waals surface area contributed by atoms with E-state index in [4.69, 9.17) is 0 Å². The first-order valence-corrected chi connectivity index (χ1v) is 7.05. The quantitative estimate of drug-likeness (QED) is 0.628. The van der Waals surface area contributed by atoms with E-state index in [1.54, 1.807) is 0 Å². The molecule has 1 heterocycles. The Kier molecular flexibility index (Phi) is 7.30. The lowest BCUT2D eigenvalue weighted by Crippen LogP contribution is -2.45. The lowest BCUT2D eigenvalue weighted by Gasteiger charge is -2.35. The van der Waals surface area contributed by atoms with Crippen molar-refractivity contribution in [2.24, 2.45) is 0 Å². The van der Waals surface area contributed by atoms with Crippen LogP contribution in [0.25, 0.3) is 0 Å². The number of hydrogen-bond acceptors (Lipinski definition) is 2. The summed E-state index contributed by atoms with van der Waals surface area (Å²) in [5.41, 5.74) is -0.978. The van der Waals surface area contributed by atoms with Crippen LogP contribution in [0.3, 0.4) is 0 Å². The molecule has 1 aliphatic rings. The Morgan fingerprint density at radius 1 is 1.00 bits per heavy atom. The zero-order chi connectivity index (χ0) is 17.2. The lowest BCUT2D eigenvalue weighted by molar-refractivity contribution is -0.138. The number of halogens is 8. The Morgan fingerprint density at radius 2 is 1.50 bits per heavy atom. The Bertz CT molecular complexity index is 533. The van der Waals surface area contributed by atoms with Gasteiger partial charge in [0.05, 0.1) is 0 Å². The minimum Gasteiger partial charge on any atom is -0.314 e. The molecule has 0 aliphatic carbocycles. The predicted octanol–water partition coefficient (Wildman–Crippen LogP) is 3.95. The maximum Gasteiger partial charge on any atom is 0.389 e. The smallest absolute Gasteiger partial charge is 0.314 e. The van der Waals surface area contributed by atoms with E-state index in [9.17, 15) is 30.7 Å². The number of hydrogen-bond donors (Lipinski definition) is 1. The van der Waals surface area contributed by atoms with E-state index in [0.29, 0.717) is 13.1 Å². The summed E-state index contributed by atoms with van der Waals surface area (Å²) < 4.78 is 92.2. The van der Waals surface area contributed by atoms with Gasteiger partial charge in [-0.25, -0.2) is 17.6 Å². The van der Waals surface area contributed by atoms with Gasteiger partial charge in [-0.1, -0.05) is 0 Å². The molecule has 24 heavy (non-hydrogen) atoms. The molecular formula is C14H16ClF7N2. The molecule has 10 heteroatoms. The molecule has 0 amide bonds. The van der Waals surface area contributed by atoms with Crippen LogP contribution in [0, 0.1) is 23.3 Å². The maximum atomic E-state index is 14.0. The highest BCUT2D eigenvalue weighted by molar-refractivity contribution is 5.85. The van der Waals surface area contributed by atoms with E-state index < -0.39 is 53.9 Å². The number of rotatable bonds is 4. The molecule has 1 fully saturated rings. The monoisotopic (exact) mass is 380 g/mol. The van der Waals surface area contributed by atoms with Gasteiger partial charge in [0, 0.05) is 50.3 Å². The molecule has 1 atom stereocenters. The van der Waals surface area contributed by atoms with Crippen molar-refractivity contribution < 1.29 is 30.7 Å². The first-order chi connectivity index (χ1) is 10.7. The fourth-order valence-electron chi connectivity index (χ4n) is 2.69. The second kappa shape index (κ2) is 8.35. The SMILES string of the molecule is Cl.Fc1cc(F)c(F)c([C@@H](CCC(F)(F)F)N2CCNCC2)c1F. The molecule has 2 rings (SSSR count). The Morgan fingerprint density at radius 3 is 1.96 bits per heavy atom.